The van der Waals surface area contributed by atoms with Crippen LogP contribution < -0.4 is 0 Å². The fourth-order valence-electron chi connectivity index (χ4n) is 2.19. The Kier molecular flexibility index (Phi) is 3.49. The summed E-state index contributed by atoms with van der Waals surface area (Å²) in [5.41, 5.74) is 0.943. The largest absolute Gasteiger partial charge is 0.357 e. The van der Waals surface area contributed by atoms with Gasteiger partial charge in [-0.1, -0.05) is 6.58 Å². The third-order valence-electron chi connectivity index (χ3n) is 3.12. The molecule has 0 aromatic carbocycles. The molecule has 1 atom stereocenters. The lowest BCUT2D eigenvalue weighted by Gasteiger charge is -2.30. The van der Waals surface area contributed by atoms with E-state index in [2.05, 4.69) is 11.6 Å². The zero-order chi connectivity index (χ0) is 14.3. The van der Waals surface area contributed by atoms with Crippen molar-refractivity contribution in [2.75, 3.05) is 26.9 Å². The molecule has 3 amide bonds. The van der Waals surface area contributed by atoms with Gasteiger partial charge in [0.05, 0.1) is 0 Å². The third-order valence-corrected chi connectivity index (χ3v) is 3.81. The number of rotatable bonds is 2. The number of hydrogen-bond acceptors (Lipinski definition) is 4. The van der Waals surface area contributed by atoms with Gasteiger partial charge in [-0.15, -0.1) is 0 Å². The van der Waals surface area contributed by atoms with Crippen LogP contribution in [0, 0.1) is 0 Å². The van der Waals surface area contributed by atoms with E-state index < -0.39 is 6.04 Å². The van der Waals surface area contributed by atoms with E-state index in [4.69, 9.17) is 0 Å². The summed E-state index contributed by atoms with van der Waals surface area (Å²) >= 11 is 1.46. The molecule has 102 valence electrons. The van der Waals surface area contributed by atoms with Crippen molar-refractivity contribution in [2.24, 2.45) is 4.99 Å². The van der Waals surface area contributed by atoms with Crippen molar-refractivity contribution < 1.29 is 14.2 Å². The molecule has 0 radical (unpaired) electrons. The van der Waals surface area contributed by atoms with Crippen LogP contribution in [0.3, 0.4) is 0 Å². The normalized spacial score (nSPS) is 22.9. The highest BCUT2D eigenvalue weighted by molar-refractivity contribution is 8.13. The molecule has 19 heavy (non-hydrogen) atoms. The summed E-state index contributed by atoms with van der Waals surface area (Å²) in [5, 5.41) is 0.742. The average Bonchev–Trinajstić information content (AvgIpc) is 2.71. The molecule has 1 unspecified atom stereocenters. The van der Waals surface area contributed by atoms with Gasteiger partial charge in [0, 0.05) is 14.1 Å². The standard InChI is InChI=1S/C12H17N4O2S/c1-7(2)6-16-8-9(13-11(16)19-5)14(3)12(18)15(4)10(8)17/h8H,1,6H2,2-5H3/q+1. The zero-order valence-electron chi connectivity index (χ0n) is 11.5. The minimum absolute atomic E-state index is 0.243. The molecule has 2 aliphatic rings. The number of amidine groups is 2. The zero-order valence-corrected chi connectivity index (χ0v) is 12.3. The summed E-state index contributed by atoms with van der Waals surface area (Å²) in [5.74, 6) is 0.255. The first kappa shape index (κ1) is 13.8. The molecule has 0 spiro atoms. The molecule has 0 N–H and O–H groups in total. The lowest BCUT2D eigenvalue weighted by Crippen LogP contribution is -2.61. The first-order valence-corrected chi connectivity index (χ1v) is 7.06. The van der Waals surface area contributed by atoms with Crippen LogP contribution in [0.2, 0.25) is 0 Å². The number of nitrogens with zero attached hydrogens (tertiary/aromatic N) is 4. The minimum atomic E-state index is -0.521. The number of carbonyl (C=O) groups excluding carboxylic acids is 2. The molecule has 7 heteroatoms. The average molecular weight is 281 g/mol. The van der Waals surface area contributed by atoms with Crippen molar-refractivity contribution in [1.29, 1.82) is 0 Å². The van der Waals surface area contributed by atoms with Gasteiger partial charge in [-0.25, -0.2) is 9.37 Å². The first-order valence-electron chi connectivity index (χ1n) is 5.84. The van der Waals surface area contributed by atoms with Gasteiger partial charge in [-0.3, -0.25) is 14.6 Å². The summed E-state index contributed by atoms with van der Waals surface area (Å²) in [7, 11) is 3.13. The Labute approximate surface area is 116 Å². The van der Waals surface area contributed by atoms with E-state index in [-0.39, 0.29) is 11.9 Å². The van der Waals surface area contributed by atoms with Crippen LogP contribution in [-0.2, 0) is 4.79 Å². The summed E-state index contributed by atoms with van der Waals surface area (Å²) in [6.45, 7) is 6.34. The number of fused-ring (bicyclic) bond motifs is 1. The molecule has 0 aromatic rings. The number of amides is 3. The van der Waals surface area contributed by atoms with Crippen molar-refractivity contribution in [1.82, 2.24) is 9.80 Å². The summed E-state index contributed by atoms with van der Waals surface area (Å²) < 4.78 is 1.89. The Balaban J connectivity index is 2.46. The highest BCUT2D eigenvalue weighted by Gasteiger charge is 2.52. The van der Waals surface area contributed by atoms with Gasteiger partial charge in [-0.05, 0) is 35.5 Å². The predicted molar refractivity (Wildman–Crippen MR) is 75.6 cm³/mol. The second-order valence-electron chi connectivity index (χ2n) is 4.68. The highest BCUT2D eigenvalue weighted by atomic mass is 32.2. The fraction of sp³-hybridized carbons (Fsp3) is 0.500. The van der Waals surface area contributed by atoms with Crippen LogP contribution >= 0.6 is 11.8 Å². The van der Waals surface area contributed by atoms with Gasteiger partial charge in [0.15, 0.2) is 0 Å². The molecule has 0 saturated carbocycles. The third kappa shape index (κ3) is 2.07. The summed E-state index contributed by atoms with van der Waals surface area (Å²) in [6, 6.07) is -0.871. The molecule has 2 aliphatic heterocycles. The van der Waals surface area contributed by atoms with Crippen LogP contribution in [0.1, 0.15) is 6.92 Å². The molecule has 1 fully saturated rings. The number of urea groups is 1. The topological polar surface area (TPSA) is 56.0 Å². The van der Waals surface area contributed by atoms with Crippen molar-refractivity contribution in [3.63, 3.8) is 0 Å². The lowest BCUT2D eigenvalue weighted by atomic mass is 10.1. The molecule has 0 bridgehead atoms. The Bertz CT molecular complexity index is 538. The number of hydrogen-bond donors (Lipinski definition) is 0. The maximum Gasteiger partial charge on any atom is 0.357 e. The molecular formula is C12H17N4O2S+. The second kappa shape index (κ2) is 4.80. The van der Waals surface area contributed by atoms with E-state index in [9.17, 15) is 9.59 Å². The van der Waals surface area contributed by atoms with Gasteiger partial charge in [0.2, 0.25) is 0 Å². The number of likely N-dealkylation sites (N-methyl/N-ethyl adjacent to an activating group) is 2. The quantitative estimate of drug-likeness (QED) is 0.550. The van der Waals surface area contributed by atoms with E-state index >= 15 is 0 Å². The van der Waals surface area contributed by atoms with Crippen LogP contribution in [0.15, 0.2) is 17.1 Å². The van der Waals surface area contributed by atoms with E-state index in [0.29, 0.717) is 12.4 Å². The second-order valence-corrected chi connectivity index (χ2v) is 5.46. The maximum absolute atomic E-state index is 12.3. The highest BCUT2D eigenvalue weighted by Crippen LogP contribution is 2.22. The van der Waals surface area contributed by atoms with Gasteiger partial charge < -0.3 is 0 Å². The molecule has 2 rings (SSSR count). The van der Waals surface area contributed by atoms with E-state index in [0.717, 1.165) is 15.6 Å². The van der Waals surface area contributed by atoms with E-state index in [1.165, 1.54) is 23.7 Å². The van der Waals surface area contributed by atoms with Gasteiger partial charge in [0.1, 0.15) is 6.54 Å². The molecular weight excluding hydrogens is 264 g/mol. The lowest BCUT2D eigenvalue weighted by molar-refractivity contribution is -0.524. The molecule has 2 heterocycles. The van der Waals surface area contributed by atoms with Crippen molar-refractivity contribution >= 4 is 34.7 Å². The van der Waals surface area contributed by atoms with Crippen LogP contribution in [0.4, 0.5) is 4.79 Å². The fourth-order valence-corrected chi connectivity index (χ4v) is 2.78. The number of aliphatic imine (C=N–C) groups is 1. The Hall–Kier alpha value is -1.63. The smallest absolute Gasteiger partial charge is 0.269 e. The number of thioether (sulfide) groups is 1. The predicted octanol–water partition coefficient (Wildman–Crippen LogP) is 0.599. The number of imide groups is 1. The minimum Gasteiger partial charge on any atom is -0.269 e. The van der Waals surface area contributed by atoms with Crippen molar-refractivity contribution in [3.05, 3.63) is 12.2 Å². The Morgan fingerprint density at radius 3 is 2.58 bits per heavy atom. The Morgan fingerprint density at radius 2 is 2.05 bits per heavy atom. The van der Waals surface area contributed by atoms with Crippen molar-refractivity contribution in [3.8, 4) is 0 Å². The molecule has 0 aromatic heterocycles. The van der Waals surface area contributed by atoms with E-state index in [1.54, 1.807) is 7.05 Å². The monoisotopic (exact) mass is 281 g/mol. The maximum atomic E-state index is 12.3. The Morgan fingerprint density at radius 1 is 1.42 bits per heavy atom. The molecule has 0 aliphatic carbocycles. The molecule has 1 saturated heterocycles. The first-order chi connectivity index (χ1) is 8.88. The van der Waals surface area contributed by atoms with Gasteiger partial charge >= 0.3 is 11.2 Å². The molecule has 6 nitrogen and oxygen atoms in total. The van der Waals surface area contributed by atoms with Gasteiger partial charge in [0.25, 0.3) is 17.8 Å². The summed E-state index contributed by atoms with van der Waals surface area (Å²) in [6.07, 6.45) is 1.90. The number of carbonyl (C=O) groups is 2. The van der Waals surface area contributed by atoms with E-state index in [1.807, 2.05) is 17.8 Å². The van der Waals surface area contributed by atoms with Crippen molar-refractivity contribution in [2.45, 2.75) is 13.0 Å². The van der Waals surface area contributed by atoms with Gasteiger partial charge in [-0.2, -0.15) is 0 Å². The summed E-state index contributed by atoms with van der Waals surface area (Å²) in [4.78, 5) is 31.2. The van der Waals surface area contributed by atoms with Crippen LogP contribution in [0.25, 0.3) is 0 Å². The van der Waals surface area contributed by atoms with Crippen LogP contribution in [-0.4, -0.2) is 70.3 Å². The van der Waals surface area contributed by atoms with Crippen LogP contribution in [0.5, 0.6) is 0 Å². The SMILES string of the molecule is C=C(C)C[N+]1=C(SC)N=C2C1C(=O)N(C)C(=O)N2C.